The Kier molecular flexibility index (Phi) is 5.72. The van der Waals surface area contributed by atoms with Gasteiger partial charge in [-0.1, -0.05) is 52.1 Å². The Bertz CT molecular complexity index is 625. The van der Waals surface area contributed by atoms with Crippen LogP contribution in [0.25, 0.3) is 0 Å². The molecule has 0 saturated carbocycles. The molecule has 0 aliphatic rings. The van der Waals surface area contributed by atoms with E-state index in [1.165, 1.54) is 0 Å². The molecule has 0 amide bonds. The maximum absolute atomic E-state index is 6.42. The molecule has 0 aliphatic carbocycles. The minimum absolute atomic E-state index is 0.0898. The van der Waals surface area contributed by atoms with Gasteiger partial charge < -0.3 is 5.32 Å². The number of aromatic nitrogens is 2. The first kappa shape index (κ1) is 16.8. The minimum atomic E-state index is -0.0898. The SMILES string of the molecule is CCNC(c1ccc(Br)cc1Cl)c1c(Cl)cnn1C(C)C. The van der Waals surface area contributed by atoms with Crippen LogP contribution in [-0.2, 0) is 0 Å². The summed E-state index contributed by atoms with van der Waals surface area (Å²) in [5.41, 5.74) is 1.93. The molecule has 0 radical (unpaired) electrons. The molecule has 6 heteroatoms. The van der Waals surface area contributed by atoms with Gasteiger partial charge in [0, 0.05) is 15.5 Å². The van der Waals surface area contributed by atoms with Crippen molar-refractivity contribution in [1.82, 2.24) is 15.1 Å². The molecule has 1 atom stereocenters. The second-order valence-electron chi connectivity index (χ2n) is 5.07. The molecule has 3 nitrogen and oxygen atoms in total. The number of benzene rings is 1. The highest BCUT2D eigenvalue weighted by Gasteiger charge is 2.24. The summed E-state index contributed by atoms with van der Waals surface area (Å²) < 4.78 is 2.89. The Balaban J connectivity index is 2.56. The zero-order valence-electron chi connectivity index (χ0n) is 12.2. The molecule has 2 rings (SSSR count). The molecule has 0 fully saturated rings. The molecule has 0 bridgehead atoms. The Morgan fingerprint density at radius 1 is 1.29 bits per heavy atom. The third kappa shape index (κ3) is 3.62. The topological polar surface area (TPSA) is 29.9 Å². The van der Waals surface area contributed by atoms with Crippen molar-refractivity contribution < 1.29 is 0 Å². The van der Waals surface area contributed by atoms with E-state index >= 15 is 0 Å². The first-order valence-electron chi connectivity index (χ1n) is 6.87. The second-order valence-corrected chi connectivity index (χ2v) is 6.80. The second kappa shape index (κ2) is 7.14. The minimum Gasteiger partial charge on any atom is -0.305 e. The van der Waals surface area contributed by atoms with E-state index in [2.05, 4.69) is 47.1 Å². The third-order valence-corrected chi connectivity index (χ3v) is 4.34. The van der Waals surface area contributed by atoms with E-state index in [1.807, 2.05) is 22.9 Å². The summed E-state index contributed by atoms with van der Waals surface area (Å²) in [5.74, 6) is 0. The van der Waals surface area contributed by atoms with E-state index in [9.17, 15) is 0 Å². The maximum Gasteiger partial charge on any atom is 0.0837 e. The first-order chi connectivity index (χ1) is 9.95. The molecule has 1 unspecified atom stereocenters. The molecule has 0 spiro atoms. The third-order valence-electron chi connectivity index (χ3n) is 3.23. The maximum atomic E-state index is 6.42. The highest BCUT2D eigenvalue weighted by atomic mass is 79.9. The molecule has 0 aliphatic heterocycles. The zero-order chi connectivity index (χ0) is 15.6. The van der Waals surface area contributed by atoms with Gasteiger partial charge in [-0.15, -0.1) is 0 Å². The first-order valence-corrected chi connectivity index (χ1v) is 8.41. The number of hydrogen-bond acceptors (Lipinski definition) is 2. The van der Waals surface area contributed by atoms with Crippen molar-refractivity contribution in [2.24, 2.45) is 0 Å². The molecule has 1 aromatic carbocycles. The van der Waals surface area contributed by atoms with Crippen LogP contribution in [0.15, 0.2) is 28.9 Å². The van der Waals surface area contributed by atoms with Crippen molar-refractivity contribution in [2.45, 2.75) is 32.9 Å². The monoisotopic (exact) mass is 389 g/mol. The Labute approximate surface area is 143 Å². The lowest BCUT2D eigenvalue weighted by Crippen LogP contribution is -2.26. The van der Waals surface area contributed by atoms with Crippen molar-refractivity contribution in [1.29, 1.82) is 0 Å². The van der Waals surface area contributed by atoms with Crippen LogP contribution in [0.2, 0.25) is 10.0 Å². The molecule has 114 valence electrons. The normalized spacial score (nSPS) is 12.9. The van der Waals surface area contributed by atoms with Crippen LogP contribution < -0.4 is 5.32 Å². The van der Waals surface area contributed by atoms with Gasteiger partial charge in [0.05, 0.1) is 23.0 Å². The van der Waals surface area contributed by atoms with E-state index in [0.29, 0.717) is 10.0 Å². The van der Waals surface area contributed by atoms with Crippen LogP contribution in [0.3, 0.4) is 0 Å². The number of nitrogens with zero attached hydrogens (tertiary/aromatic N) is 2. The average Bonchev–Trinajstić information content (AvgIpc) is 2.79. The summed E-state index contributed by atoms with van der Waals surface area (Å²) in [4.78, 5) is 0. The van der Waals surface area contributed by atoms with Crippen molar-refractivity contribution in [2.75, 3.05) is 6.54 Å². The van der Waals surface area contributed by atoms with Gasteiger partial charge in [-0.05, 0) is 38.1 Å². The fourth-order valence-corrected chi connectivity index (χ4v) is 3.35. The number of hydrogen-bond donors (Lipinski definition) is 1. The van der Waals surface area contributed by atoms with Crippen LogP contribution in [0.5, 0.6) is 0 Å². The van der Waals surface area contributed by atoms with Gasteiger partial charge >= 0.3 is 0 Å². The summed E-state index contributed by atoms with van der Waals surface area (Å²) in [7, 11) is 0. The van der Waals surface area contributed by atoms with Crippen LogP contribution in [0.1, 0.15) is 44.1 Å². The summed E-state index contributed by atoms with van der Waals surface area (Å²) >= 11 is 16.2. The van der Waals surface area contributed by atoms with Gasteiger partial charge in [0.15, 0.2) is 0 Å². The van der Waals surface area contributed by atoms with Gasteiger partial charge in [-0.3, -0.25) is 4.68 Å². The van der Waals surface area contributed by atoms with E-state index in [1.54, 1.807) is 6.20 Å². The predicted octanol–water partition coefficient (Wildman–Crippen LogP) is 5.23. The van der Waals surface area contributed by atoms with Gasteiger partial charge in [-0.25, -0.2) is 0 Å². The van der Waals surface area contributed by atoms with E-state index in [0.717, 1.165) is 22.3 Å². The Hall–Kier alpha value is -0.550. The zero-order valence-corrected chi connectivity index (χ0v) is 15.3. The molecule has 1 N–H and O–H groups in total. The van der Waals surface area contributed by atoms with Gasteiger partial charge in [0.25, 0.3) is 0 Å². The summed E-state index contributed by atoms with van der Waals surface area (Å²) in [6.45, 7) is 7.03. The summed E-state index contributed by atoms with van der Waals surface area (Å²) in [6, 6.07) is 6.02. The van der Waals surface area contributed by atoms with Crippen LogP contribution in [0.4, 0.5) is 0 Å². The van der Waals surface area contributed by atoms with Crippen molar-refractivity contribution >= 4 is 39.1 Å². The van der Waals surface area contributed by atoms with E-state index in [-0.39, 0.29) is 12.1 Å². The van der Waals surface area contributed by atoms with Crippen LogP contribution >= 0.6 is 39.1 Å². The largest absolute Gasteiger partial charge is 0.305 e. The fourth-order valence-electron chi connectivity index (χ4n) is 2.33. The number of rotatable bonds is 5. The highest BCUT2D eigenvalue weighted by molar-refractivity contribution is 9.10. The molecular weight excluding hydrogens is 373 g/mol. The fraction of sp³-hybridized carbons (Fsp3) is 0.400. The average molecular weight is 391 g/mol. The summed E-state index contributed by atoms with van der Waals surface area (Å²) in [5, 5.41) is 9.18. The van der Waals surface area contributed by atoms with Crippen molar-refractivity contribution in [3.8, 4) is 0 Å². The standard InChI is InChI=1S/C15H18BrCl2N3/c1-4-19-14(11-6-5-10(16)7-12(11)17)15-13(18)8-20-21(15)9(2)3/h5-9,14,19H,4H2,1-3H3. The van der Waals surface area contributed by atoms with E-state index < -0.39 is 0 Å². The lowest BCUT2D eigenvalue weighted by molar-refractivity contribution is 0.476. The number of nitrogens with one attached hydrogen (secondary N) is 1. The van der Waals surface area contributed by atoms with Crippen LogP contribution in [-0.4, -0.2) is 16.3 Å². The Morgan fingerprint density at radius 3 is 2.57 bits per heavy atom. The van der Waals surface area contributed by atoms with Gasteiger partial charge in [0.2, 0.25) is 0 Å². The van der Waals surface area contributed by atoms with Crippen LogP contribution in [0, 0.1) is 0 Å². The summed E-state index contributed by atoms with van der Waals surface area (Å²) in [6.07, 6.45) is 1.69. The smallest absolute Gasteiger partial charge is 0.0837 e. The molecule has 2 aromatic rings. The molecule has 0 saturated heterocycles. The van der Waals surface area contributed by atoms with Crippen molar-refractivity contribution in [3.05, 3.63) is 50.2 Å². The lowest BCUT2D eigenvalue weighted by atomic mass is 10.0. The number of halogens is 3. The highest BCUT2D eigenvalue weighted by Crippen LogP contribution is 2.34. The quantitative estimate of drug-likeness (QED) is 0.757. The molecule has 1 heterocycles. The lowest BCUT2D eigenvalue weighted by Gasteiger charge is -2.23. The Morgan fingerprint density at radius 2 is 2.00 bits per heavy atom. The molecule has 21 heavy (non-hydrogen) atoms. The molecular formula is C15H18BrCl2N3. The van der Waals surface area contributed by atoms with Crippen molar-refractivity contribution in [3.63, 3.8) is 0 Å². The van der Waals surface area contributed by atoms with Gasteiger partial charge in [-0.2, -0.15) is 5.10 Å². The molecule has 1 aromatic heterocycles. The van der Waals surface area contributed by atoms with E-state index in [4.69, 9.17) is 23.2 Å². The van der Waals surface area contributed by atoms with Gasteiger partial charge in [0.1, 0.15) is 0 Å². The predicted molar refractivity (Wildman–Crippen MR) is 92.3 cm³/mol.